The maximum Gasteiger partial charge on any atom is 0.366 e. The van der Waals surface area contributed by atoms with Crippen molar-refractivity contribution >= 4 is 85.4 Å². The lowest BCUT2D eigenvalue weighted by Gasteiger charge is -2.43. The number of hydrogen-bond donors (Lipinski definition) is 0. The van der Waals surface area contributed by atoms with Crippen LogP contribution in [0.1, 0.15) is 5.56 Å². The number of alkyl halides is 4. The lowest BCUT2D eigenvalue weighted by Crippen LogP contribution is -2.62. The second-order valence-corrected chi connectivity index (χ2v) is 11.6. The van der Waals surface area contributed by atoms with Crippen molar-refractivity contribution in [3.8, 4) is 0 Å². The number of fused-ring (bicyclic) bond motifs is 1. The molecule has 2 unspecified atom stereocenters. The van der Waals surface area contributed by atoms with Gasteiger partial charge in [0.05, 0.1) is 24.0 Å². The fourth-order valence-corrected chi connectivity index (χ4v) is 5.84. The Kier molecular flexibility index (Phi) is 8.16. The average molecular weight is 612 g/mol. The number of hydrogen-bond acceptors (Lipinski definition) is 8. The van der Waals surface area contributed by atoms with Crippen molar-refractivity contribution in [3.63, 3.8) is 0 Å². The van der Waals surface area contributed by atoms with Crippen molar-refractivity contribution < 1.29 is 23.9 Å². The van der Waals surface area contributed by atoms with Crippen molar-refractivity contribution in [1.29, 1.82) is 0 Å². The molecule has 0 spiro atoms. The molecule has 2 fully saturated rings. The van der Waals surface area contributed by atoms with Crippen LogP contribution in [-0.4, -0.2) is 79.5 Å². The van der Waals surface area contributed by atoms with E-state index in [1.54, 1.807) is 0 Å². The molecule has 34 heavy (non-hydrogen) atoms. The van der Waals surface area contributed by atoms with Crippen molar-refractivity contribution in [2.24, 2.45) is 4.99 Å². The minimum atomic E-state index is -2.44. The summed E-state index contributed by atoms with van der Waals surface area (Å²) in [6.07, 6.45) is 0.573. The third kappa shape index (κ3) is 5.42. The molecular formula is C21H19BrCl3N3O5S. The van der Waals surface area contributed by atoms with E-state index in [0.29, 0.717) is 38.4 Å². The van der Waals surface area contributed by atoms with Crippen molar-refractivity contribution in [2.75, 3.05) is 31.6 Å². The van der Waals surface area contributed by atoms with Gasteiger partial charge in [0.25, 0.3) is 9.70 Å². The van der Waals surface area contributed by atoms with Gasteiger partial charge in [-0.05, 0) is 5.56 Å². The first-order valence-electron chi connectivity index (χ1n) is 10.3. The molecule has 2 saturated heterocycles. The molecule has 0 radical (unpaired) electrons. The monoisotopic (exact) mass is 609 g/mol. The van der Waals surface area contributed by atoms with Crippen LogP contribution < -0.4 is 0 Å². The van der Waals surface area contributed by atoms with Crippen LogP contribution in [0, 0.1) is 0 Å². The summed E-state index contributed by atoms with van der Waals surface area (Å²) in [5.41, 5.74) is 1.47. The molecule has 0 N–H and O–H groups in total. The molecule has 1 aromatic rings. The number of amides is 1. The minimum Gasteiger partial charge on any atom is -0.385 e. The van der Waals surface area contributed by atoms with E-state index in [1.165, 1.54) is 16.7 Å². The summed E-state index contributed by atoms with van der Waals surface area (Å²) in [7, 11) is 0. The Hall–Kier alpha value is -1.30. The summed E-state index contributed by atoms with van der Waals surface area (Å²) in [5.74, 6) is -2.78. The Morgan fingerprint density at radius 3 is 2.50 bits per heavy atom. The van der Waals surface area contributed by atoms with Crippen molar-refractivity contribution in [1.82, 2.24) is 9.80 Å². The fourth-order valence-electron chi connectivity index (χ4n) is 3.78. The Bertz CT molecular complexity index is 1040. The number of carbonyl (C=O) groups excluding carboxylic acids is 3. The van der Waals surface area contributed by atoms with Crippen LogP contribution in [0.15, 0.2) is 46.7 Å². The molecule has 0 saturated carbocycles. The quantitative estimate of drug-likeness (QED) is 0.160. The molecule has 2 atom stereocenters. The van der Waals surface area contributed by atoms with Gasteiger partial charge in [-0.25, -0.2) is 9.59 Å². The van der Waals surface area contributed by atoms with E-state index in [2.05, 4.69) is 20.9 Å². The van der Waals surface area contributed by atoms with Gasteiger partial charge < -0.3 is 14.4 Å². The molecule has 4 rings (SSSR count). The molecule has 3 aliphatic heterocycles. The Balaban J connectivity index is 1.62. The predicted octanol–water partition coefficient (Wildman–Crippen LogP) is 3.29. The molecule has 1 amide bonds. The average Bonchev–Trinajstić information content (AvgIpc) is 3.18. The summed E-state index contributed by atoms with van der Waals surface area (Å²) >= 11 is 21.6. The van der Waals surface area contributed by atoms with E-state index in [9.17, 15) is 14.4 Å². The van der Waals surface area contributed by atoms with Gasteiger partial charge in [0, 0.05) is 24.8 Å². The third-order valence-corrected chi connectivity index (χ3v) is 7.62. The highest BCUT2D eigenvalue weighted by Crippen LogP contribution is 2.43. The number of allylic oxidation sites excluding steroid dienone is 1. The first-order chi connectivity index (χ1) is 16.2. The molecule has 0 aliphatic carbocycles. The maximum absolute atomic E-state index is 13.2. The van der Waals surface area contributed by atoms with Gasteiger partial charge in [-0.2, -0.15) is 0 Å². The zero-order valence-electron chi connectivity index (χ0n) is 17.6. The van der Waals surface area contributed by atoms with E-state index in [0.717, 1.165) is 10.6 Å². The van der Waals surface area contributed by atoms with Crippen molar-refractivity contribution in [3.05, 3.63) is 47.3 Å². The second kappa shape index (κ2) is 10.8. The van der Waals surface area contributed by atoms with Crippen LogP contribution in [0.4, 0.5) is 0 Å². The van der Waals surface area contributed by atoms with Gasteiger partial charge in [-0.1, -0.05) is 92.8 Å². The van der Waals surface area contributed by atoms with Crippen LogP contribution in [0.3, 0.4) is 0 Å². The summed E-state index contributed by atoms with van der Waals surface area (Å²) in [6, 6.07) is 9.15. The van der Waals surface area contributed by atoms with E-state index >= 15 is 0 Å². The number of nitrogens with zero attached hydrogens (tertiary/aromatic N) is 3. The minimum absolute atomic E-state index is 0.0729. The van der Waals surface area contributed by atoms with E-state index in [4.69, 9.17) is 44.3 Å². The molecule has 0 aromatic heterocycles. The molecule has 3 heterocycles. The highest BCUT2D eigenvalue weighted by Gasteiger charge is 2.56. The van der Waals surface area contributed by atoms with Crippen molar-refractivity contribution in [2.45, 2.75) is 21.6 Å². The standard InChI is InChI=1S/C21H19BrCl3N3O5S/c22-11-13(27-6-8-32-9-7-27)16(19(30)33-20(31)21(23,24)25)28-17(29)15-18(28)34-14(26-15)10-12-4-2-1-3-5-12/h1-5,15,18H,6-11H2. The van der Waals surface area contributed by atoms with Gasteiger partial charge in [-0.3, -0.25) is 14.7 Å². The molecule has 3 aliphatic rings. The van der Waals surface area contributed by atoms with Gasteiger partial charge >= 0.3 is 11.9 Å². The topological polar surface area (TPSA) is 88.5 Å². The smallest absolute Gasteiger partial charge is 0.366 e. The van der Waals surface area contributed by atoms with Crippen LogP contribution in [0.25, 0.3) is 0 Å². The lowest BCUT2D eigenvalue weighted by molar-refractivity contribution is -0.160. The first-order valence-corrected chi connectivity index (χ1v) is 13.4. The molecular weight excluding hydrogens is 593 g/mol. The fraction of sp³-hybridized carbons (Fsp3) is 0.429. The van der Waals surface area contributed by atoms with Crippen LogP contribution >= 0.6 is 62.5 Å². The molecule has 8 nitrogen and oxygen atoms in total. The summed E-state index contributed by atoms with van der Waals surface area (Å²) in [6.45, 7) is 1.89. The van der Waals surface area contributed by atoms with Crippen LogP contribution in [0.5, 0.6) is 0 Å². The van der Waals surface area contributed by atoms with Gasteiger partial charge in [-0.15, -0.1) is 0 Å². The number of ether oxygens (including phenoxy) is 2. The predicted molar refractivity (Wildman–Crippen MR) is 134 cm³/mol. The van der Waals surface area contributed by atoms with E-state index in [-0.39, 0.29) is 16.9 Å². The Morgan fingerprint density at radius 2 is 1.88 bits per heavy atom. The van der Waals surface area contributed by atoms with Crippen LogP contribution in [-0.2, 0) is 30.3 Å². The molecule has 1 aromatic carbocycles. The molecule has 13 heteroatoms. The number of benzene rings is 1. The zero-order valence-corrected chi connectivity index (χ0v) is 22.3. The molecule has 182 valence electrons. The van der Waals surface area contributed by atoms with E-state index < -0.39 is 27.1 Å². The number of morpholine rings is 1. The zero-order chi connectivity index (χ0) is 24.5. The Labute approximate surface area is 223 Å². The summed E-state index contributed by atoms with van der Waals surface area (Å²) < 4.78 is 7.84. The largest absolute Gasteiger partial charge is 0.385 e. The Morgan fingerprint density at radius 1 is 1.21 bits per heavy atom. The van der Waals surface area contributed by atoms with Gasteiger partial charge in [0.1, 0.15) is 5.37 Å². The number of halogens is 4. The molecule has 0 bridgehead atoms. The SMILES string of the molecule is O=C(OC(=O)C(Cl)(Cl)Cl)C(=C(CBr)N1CCOCC1)N1C(=O)C2N=C(Cc3ccccc3)SC21. The maximum atomic E-state index is 13.2. The second-order valence-electron chi connectivity index (χ2n) is 7.55. The van der Waals surface area contributed by atoms with Gasteiger partial charge in [0.15, 0.2) is 11.7 Å². The first kappa shape index (κ1) is 25.8. The number of rotatable bonds is 6. The normalized spacial score (nSPS) is 23.1. The van der Waals surface area contributed by atoms with Crippen LogP contribution in [0.2, 0.25) is 0 Å². The highest BCUT2D eigenvalue weighted by molar-refractivity contribution is 9.09. The number of aliphatic imine (C=N–C) groups is 1. The number of carbonyl (C=O) groups is 3. The number of esters is 2. The van der Waals surface area contributed by atoms with Gasteiger partial charge in [0.2, 0.25) is 0 Å². The summed E-state index contributed by atoms with van der Waals surface area (Å²) in [4.78, 5) is 46.2. The lowest BCUT2D eigenvalue weighted by atomic mass is 10.1. The highest BCUT2D eigenvalue weighted by atomic mass is 79.9. The number of thioether (sulfide) groups is 1. The third-order valence-electron chi connectivity index (χ3n) is 5.40. The number of likely N-dealkylation sites (tertiary alicyclic amines) is 1. The summed E-state index contributed by atoms with van der Waals surface area (Å²) in [5, 5.41) is 0.573. The van der Waals surface area contributed by atoms with E-state index in [1.807, 2.05) is 35.2 Å². The number of β-lactam (4-membered cyclic amide) rings is 1.